The van der Waals surface area contributed by atoms with Gasteiger partial charge in [-0.3, -0.25) is 15.3 Å². The lowest BCUT2D eigenvalue weighted by molar-refractivity contribution is -0.137. The average molecular weight is 468 g/mol. The Labute approximate surface area is 193 Å². The van der Waals surface area contributed by atoms with Gasteiger partial charge < -0.3 is 15.2 Å². The van der Waals surface area contributed by atoms with Crippen molar-refractivity contribution < 1.29 is 14.6 Å². The molecular weight excluding hydrogens is 442 g/mol. The quantitative estimate of drug-likeness (QED) is 0.273. The minimum absolute atomic E-state index is 0.0739. The van der Waals surface area contributed by atoms with Crippen molar-refractivity contribution >= 4 is 49.9 Å². The number of hydrogen-bond acceptors (Lipinski definition) is 9. The number of thiophene rings is 1. The van der Waals surface area contributed by atoms with Crippen molar-refractivity contribution in [2.75, 3.05) is 12.4 Å². The number of hydrogen-bond donors (Lipinski definition) is 5. The monoisotopic (exact) mass is 467 g/mol. The largest absolute Gasteiger partial charge is 0.494 e. The summed E-state index contributed by atoms with van der Waals surface area (Å²) in [5.41, 5.74) is 7.20. The van der Waals surface area contributed by atoms with E-state index in [2.05, 4.69) is 36.3 Å². The molecule has 33 heavy (non-hydrogen) atoms. The van der Waals surface area contributed by atoms with Crippen LogP contribution in [0.25, 0.3) is 21.1 Å². The first-order valence-electron chi connectivity index (χ1n) is 10.6. The first kappa shape index (κ1) is 21.6. The number of nitrogens with zero attached hydrogens (tertiary/aromatic N) is 3. The predicted molar refractivity (Wildman–Crippen MR) is 127 cm³/mol. The van der Waals surface area contributed by atoms with Crippen LogP contribution in [0.15, 0.2) is 24.7 Å². The van der Waals surface area contributed by atoms with Crippen LogP contribution >= 0.6 is 11.3 Å². The molecule has 4 aromatic rings. The van der Waals surface area contributed by atoms with Gasteiger partial charge in [0.1, 0.15) is 28.3 Å². The fourth-order valence-corrected chi connectivity index (χ4v) is 5.28. The number of aromatic amines is 1. The van der Waals surface area contributed by atoms with Crippen LogP contribution in [0.3, 0.4) is 0 Å². The summed E-state index contributed by atoms with van der Waals surface area (Å²) in [6.45, 7) is 2.92. The number of aliphatic hydroxyl groups is 1. The molecule has 11 heteroatoms. The van der Waals surface area contributed by atoms with E-state index in [0.29, 0.717) is 5.75 Å². The minimum atomic E-state index is -1.43. The highest BCUT2D eigenvalue weighted by molar-refractivity contribution is 7.19. The lowest BCUT2D eigenvalue weighted by Gasteiger charge is -2.25. The van der Waals surface area contributed by atoms with E-state index in [-0.39, 0.29) is 6.04 Å². The van der Waals surface area contributed by atoms with Crippen molar-refractivity contribution in [2.24, 2.45) is 0 Å². The van der Waals surface area contributed by atoms with Gasteiger partial charge in [-0.1, -0.05) is 0 Å². The number of methoxy groups -OCH3 is 1. The third-order valence-corrected chi connectivity index (χ3v) is 6.97. The van der Waals surface area contributed by atoms with Crippen LogP contribution in [0, 0.1) is 0 Å². The summed E-state index contributed by atoms with van der Waals surface area (Å²) in [7, 11) is 1.63. The SMILES string of the molecule is COc1cc2[nH]ncc2cc1Nc1ncnc2sc3c(c12)CCC(NNC(=O)C(C)(C)O)C3. The van der Waals surface area contributed by atoms with E-state index in [1.54, 1.807) is 31.0 Å². The topological polar surface area (TPSA) is 137 Å². The molecule has 1 aliphatic rings. The van der Waals surface area contributed by atoms with Crippen LogP contribution in [0.1, 0.15) is 30.7 Å². The van der Waals surface area contributed by atoms with Crippen molar-refractivity contribution in [2.45, 2.75) is 44.8 Å². The molecule has 1 aliphatic carbocycles. The fraction of sp³-hybridized carbons (Fsp3) is 0.364. The molecule has 0 bridgehead atoms. The number of nitrogens with one attached hydrogen (secondary N) is 4. The minimum Gasteiger partial charge on any atom is -0.494 e. The summed E-state index contributed by atoms with van der Waals surface area (Å²) >= 11 is 1.64. The van der Waals surface area contributed by atoms with Gasteiger partial charge in [0.15, 0.2) is 0 Å². The molecule has 0 radical (unpaired) electrons. The number of aromatic nitrogens is 4. The Balaban J connectivity index is 1.42. The van der Waals surface area contributed by atoms with Gasteiger partial charge in [0.2, 0.25) is 0 Å². The first-order chi connectivity index (χ1) is 15.8. The van der Waals surface area contributed by atoms with Crippen molar-refractivity contribution in [1.29, 1.82) is 0 Å². The molecule has 5 N–H and O–H groups in total. The molecular formula is C22H25N7O3S. The Morgan fingerprint density at radius 2 is 2.18 bits per heavy atom. The number of H-pyrrole nitrogens is 1. The highest BCUT2D eigenvalue weighted by Gasteiger charge is 2.28. The van der Waals surface area contributed by atoms with Crippen LogP contribution in [0.2, 0.25) is 0 Å². The molecule has 5 rings (SSSR count). The zero-order valence-corrected chi connectivity index (χ0v) is 19.3. The Hall–Kier alpha value is -3.28. The van der Waals surface area contributed by atoms with Crippen LogP contribution in [-0.2, 0) is 17.6 Å². The van der Waals surface area contributed by atoms with Gasteiger partial charge >= 0.3 is 0 Å². The van der Waals surface area contributed by atoms with E-state index >= 15 is 0 Å². The fourth-order valence-electron chi connectivity index (χ4n) is 4.01. The summed E-state index contributed by atoms with van der Waals surface area (Å²) < 4.78 is 5.57. The van der Waals surface area contributed by atoms with Gasteiger partial charge in [-0.15, -0.1) is 11.3 Å². The number of ether oxygens (including phenoxy) is 1. The van der Waals surface area contributed by atoms with E-state index in [9.17, 15) is 9.90 Å². The highest BCUT2D eigenvalue weighted by Crippen LogP contribution is 2.40. The summed E-state index contributed by atoms with van der Waals surface area (Å²) in [5.74, 6) is 0.973. The molecule has 0 saturated heterocycles. The number of anilines is 2. The molecule has 172 valence electrons. The number of fused-ring (bicyclic) bond motifs is 4. The van der Waals surface area contributed by atoms with Crippen LogP contribution in [0.4, 0.5) is 11.5 Å². The van der Waals surface area contributed by atoms with Gasteiger partial charge in [0, 0.05) is 22.4 Å². The lowest BCUT2D eigenvalue weighted by Crippen LogP contribution is -2.52. The molecule has 1 unspecified atom stereocenters. The number of carbonyl (C=O) groups is 1. The average Bonchev–Trinajstić information content (AvgIpc) is 3.39. The number of aryl methyl sites for hydroxylation is 1. The lowest BCUT2D eigenvalue weighted by atomic mass is 9.93. The Kier molecular flexibility index (Phi) is 5.39. The van der Waals surface area contributed by atoms with E-state index < -0.39 is 11.5 Å². The van der Waals surface area contributed by atoms with Gasteiger partial charge in [-0.2, -0.15) is 5.10 Å². The second-order valence-electron chi connectivity index (χ2n) is 8.64. The van der Waals surface area contributed by atoms with Crippen LogP contribution in [0.5, 0.6) is 5.75 Å². The van der Waals surface area contributed by atoms with E-state index in [1.807, 2.05) is 12.1 Å². The smallest absolute Gasteiger partial charge is 0.265 e. The summed E-state index contributed by atoms with van der Waals surface area (Å²) in [4.78, 5) is 23.1. The van der Waals surface area contributed by atoms with E-state index in [0.717, 1.165) is 51.9 Å². The van der Waals surface area contributed by atoms with Crippen molar-refractivity contribution in [3.05, 3.63) is 35.1 Å². The number of carbonyl (C=O) groups excluding carboxylic acids is 1. The van der Waals surface area contributed by atoms with E-state index in [1.165, 1.54) is 24.3 Å². The second-order valence-corrected chi connectivity index (χ2v) is 9.72. The molecule has 1 aromatic carbocycles. The zero-order chi connectivity index (χ0) is 23.2. The molecule has 0 spiro atoms. The molecule has 0 aliphatic heterocycles. The summed E-state index contributed by atoms with van der Waals surface area (Å²) in [6, 6.07) is 3.96. The number of benzene rings is 1. The number of rotatable bonds is 6. The summed E-state index contributed by atoms with van der Waals surface area (Å²) in [6.07, 6.45) is 5.75. The standard InChI is InChI=1S/C22H25N7O3S/c1-22(2,31)21(30)29-27-12-4-5-13-17(7-12)33-20-18(13)19(23-10-24-20)26-15-6-11-9-25-28-14(11)8-16(15)32-3/h6,8-10,12,27,31H,4-5,7H2,1-3H3,(H,25,28)(H,29,30)(H,23,24,26). The van der Waals surface area contributed by atoms with Crippen molar-refractivity contribution in [3.63, 3.8) is 0 Å². The van der Waals surface area contributed by atoms with E-state index in [4.69, 9.17) is 4.74 Å². The van der Waals surface area contributed by atoms with Crippen molar-refractivity contribution in [3.8, 4) is 5.75 Å². The molecule has 1 amide bonds. The van der Waals surface area contributed by atoms with Gasteiger partial charge in [-0.05, 0) is 44.7 Å². The number of hydrazine groups is 1. The Morgan fingerprint density at radius 3 is 2.97 bits per heavy atom. The second kappa shape index (κ2) is 8.25. The van der Waals surface area contributed by atoms with Crippen molar-refractivity contribution in [1.82, 2.24) is 31.0 Å². The third-order valence-electron chi connectivity index (χ3n) is 5.80. The maximum Gasteiger partial charge on any atom is 0.265 e. The predicted octanol–water partition coefficient (Wildman–Crippen LogP) is 2.57. The van der Waals surface area contributed by atoms with Crippen LogP contribution < -0.4 is 20.9 Å². The third kappa shape index (κ3) is 4.10. The number of amides is 1. The van der Waals surface area contributed by atoms with Crippen LogP contribution in [-0.4, -0.2) is 49.9 Å². The summed E-state index contributed by atoms with van der Waals surface area (Å²) in [5, 5.41) is 22.3. The van der Waals surface area contributed by atoms with Gasteiger partial charge in [-0.25, -0.2) is 15.4 Å². The maximum atomic E-state index is 12.0. The van der Waals surface area contributed by atoms with Gasteiger partial charge in [0.25, 0.3) is 5.91 Å². The highest BCUT2D eigenvalue weighted by atomic mass is 32.1. The Bertz CT molecular complexity index is 1340. The molecule has 0 fully saturated rings. The molecule has 3 heterocycles. The first-order valence-corrected chi connectivity index (χ1v) is 11.5. The molecule has 3 aromatic heterocycles. The maximum absolute atomic E-state index is 12.0. The van der Waals surface area contributed by atoms with Gasteiger partial charge in [0.05, 0.1) is 29.9 Å². The molecule has 10 nitrogen and oxygen atoms in total. The molecule has 1 atom stereocenters. The zero-order valence-electron chi connectivity index (χ0n) is 18.5. The Morgan fingerprint density at radius 1 is 1.33 bits per heavy atom. The molecule has 0 saturated carbocycles. The normalized spacial score (nSPS) is 16.1.